The normalized spacial score (nSPS) is 7.75. The van der Waals surface area contributed by atoms with Crippen LogP contribution in [0.5, 0.6) is 0 Å². The predicted octanol–water partition coefficient (Wildman–Crippen LogP) is 2.05. The standard InChI is InChI=1S/C6H5BrN2O.BrH.ClH/c7-3-6(10)5-1-2-8-4-9-5;;/h1-2,4H,3H2;2*1H. The quantitative estimate of drug-likeness (QED) is 0.619. The SMILES string of the molecule is Br.Cl.O=C(CBr)c1ccncn1. The molecule has 1 aromatic heterocycles. The van der Waals surface area contributed by atoms with Gasteiger partial charge < -0.3 is 0 Å². The van der Waals surface area contributed by atoms with E-state index in [0.29, 0.717) is 11.0 Å². The molecule has 0 spiro atoms. The number of carbonyl (C=O) groups excluding carboxylic acids is 1. The van der Waals surface area contributed by atoms with Crippen LogP contribution in [0.2, 0.25) is 0 Å². The van der Waals surface area contributed by atoms with Crippen LogP contribution in [0, 0.1) is 0 Å². The second-order valence-electron chi connectivity index (χ2n) is 1.65. The number of aromatic nitrogens is 2. The van der Waals surface area contributed by atoms with E-state index in [1.54, 1.807) is 12.3 Å². The minimum atomic E-state index is -0.0256. The maximum absolute atomic E-state index is 10.9. The van der Waals surface area contributed by atoms with Crippen LogP contribution in [0.3, 0.4) is 0 Å². The first-order valence-electron chi connectivity index (χ1n) is 2.70. The highest BCUT2D eigenvalue weighted by molar-refractivity contribution is 9.09. The summed E-state index contributed by atoms with van der Waals surface area (Å²) in [5, 5.41) is 0.310. The van der Waals surface area contributed by atoms with Gasteiger partial charge in [0, 0.05) is 6.20 Å². The molecule has 1 rings (SSSR count). The summed E-state index contributed by atoms with van der Waals surface area (Å²) in [7, 11) is 0. The maximum atomic E-state index is 10.9. The van der Waals surface area contributed by atoms with Gasteiger partial charge in [-0.25, -0.2) is 9.97 Å². The lowest BCUT2D eigenvalue weighted by molar-refractivity contribution is 0.101. The van der Waals surface area contributed by atoms with Gasteiger partial charge in [-0.1, -0.05) is 15.9 Å². The topological polar surface area (TPSA) is 42.9 Å². The molecule has 0 bridgehead atoms. The Balaban J connectivity index is 0. The number of ketones is 1. The minimum absolute atomic E-state index is 0. The van der Waals surface area contributed by atoms with E-state index in [1.165, 1.54) is 6.33 Å². The first-order valence-corrected chi connectivity index (χ1v) is 3.82. The maximum Gasteiger partial charge on any atom is 0.191 e. The van der Waals surface area contributed by atoms with E-state index < -0.39 is 0 Å². The molecule has 0 aliphatic rings. The van der Waals surface area contributed by atoms with Gasteiger partial charge in [0.25, 0.3) is 0 Å². The summed E-state index contributed by atoms with van der Waals surface area (Å²) in [6, 6.07) is 1.59. The largest absolute Gasteiger partial charge is 0.291 e. The molecule has 68 valence electrons. The van der Waals surface area contributed by atoms with Gasteiger partial charge >= 0.3 is 0 Å². The molecule has 0 radical (unpaired) electrons. The molecule has 1 heterocycles. The molecule has 0 aliphatic carbocycles. The van der Waals surface area contributed by atoms with Gasteiger partial charge in [-0.3, -0.25) is 4.79 Å². The highest BCUT2D eigenvalue weighted by Crippen LogP contribution is 1.95. The lowest BCUT2D eigenvalue weighted by Crippen LogP contribution is -2.02. The van der Waals surface area contributed by atoms with Crippen molar-refractivity contribution < 1.29 is 4.79 Å². The molecular formula is C6H7Br2ClN2O. The van der Waals surface area contributed by atoms with Gasteiger partial charge in [0.15, 0.2) is 5.78 Å². The highest BCUT2D eigenvalue weighted by atomic mass is 79.9. The van der Waals surface area contributed by atoms with Crippen LogP contribution in [0.1, 0.15) is 10.5 Å². The van der Waals surface area contributed by atoms with Crippen LogP contribution in [-0.4, -0.2) is 21.1 Å². The first-order chi connectivity index (χ1) is 4.84. The Morgan fingerprint density at radius 3 is 2.67 bits per heavy atom. The molecule has 0 saturated heterocycles. The molecule has 0 aromatic carbocycles. The van der Waals surface area contributed by atoms with Crippen molar-refractivity contribution in [2.45, 2.75) is 0 Å². The predicted molar refractivity (Wildman–Crippen MR) is 57.7 cm³/mol. The first kappa shape index (κ1) is 14.5. The summed E-state index contributed by atoms with van der Waals surface area (Å²) >= 11 is 3.04. The van der Waals surface area contributed by atoms with Crippen LogP contribution in [0.25, 0.3) is 0 Å². The third kappa shape index (κ3) is 4.13. The lowest BCUT2D eigenvalue weighted by atomic mass is 10.3. The number of rotatable bonds is 2. The van der Waals surface area contributed by atoms with Gasteiger partial charge in [0.05, 0.1) is 5.33 Å². The number of carbonyl (C=O) groups is 1. The van der Waals surface area contributed by atoms with Crippen LogP contribution in [0.15, 0.2) is 18.6 Å². The Labute approximate surface area is 95.3 Å². The van der Waals surface area contributed by atoms with Gasteiger partial charge in [-0.05, 0) is 6.07 Å². The lowest BCUT2D eigenvalue weighted by Gasteiger charge is -1.91. The van der Waals surface area contributed by atoms with Crippen LogP contribution in [-0.2, 0) is 0 Å². The number of hydrogen-bond donors (Lipinski definition) is 0. The average molecular weight is 318 g/mol. The summed E-state index contributed by atoms with van der Waals surface area (Å²) in [5.74, 6) is -0.0256. The third-order valence-corrected chi connectivity index (χ3v) is 1.50. The fourth-order valence-corrected chi connectivity index (χ4v) is 0.811. The molecule has 0 atom stereocenters. The van der Waals surface area contributed by atoms with Gasteiger partial charge in [-0.2, -0.15) is 0 Å². The monoisotopic (exact) mass is 316 g/mol. The molecular weight excluding hydrogens is 311 g/mol. The van der Waals surface area contributed by atoms with Gasteiger partial charge in [0.1, 0.15) is 12.0 Å². The Morgan fingerprint density at radius 1 is 1.58 bits per heavy atom. The van der Waals surface area contributed by atoms with Crippen molar-refractivity contribution in [3.63, 3.8) is 0 Å². The van der Waals surface area contributed by atoms with Crippen LogP contribution >= 0.6 is 45.3 Å². The summed E-state index contributed by atoms with van der Waals surface area (Å²) in [5.41, 5.74) is 0.451. The molecule has 0 amide bonds. The van der Waals surface area contributed by atoms with E-state index in [2.05, 4.69) is 25.9 Å². The number of Topliss-reactive ketones (excluding diaryl/α,β-unsaturated/α-hetero) is 1. The number of nitrogens with zero attached hydrogens (tertiary/aromatic N) is 2. The van der Waals surface area contributed by atoms with Crippen molar-refractivity contribution in [3.8, 4) is 0 Å². The molecule has 0 saturated carbocycles. The molecule has 0 N–H and O–H groups in total. The van der Waals surface area contributed by atoms with Crippen molar-refractivity contribution >= 4 is 51.1 Å². The van der Waals surface area contributed by atoms with E-state index in [1.807, 2.05) is 0 Å². The Morgan fingerprint density at radius 2 is 2.25 bits per heavy atom. The molecule has 3 nitrogen and oxygen atoms in total. The molecule has 0 unspecified atom stereocenters. The minimum Gasteiger partial charge on any atom is -0.291 e. The van der Waals surface area contributed by atoms with E-state index in [0.717, 1.165) is 0 Å². The van der Waals surface area contributed by atoms with Crippen molar-refractivity contribution in [2.75, 3.05) is 5.33 Å². The number of hydrogen-bond acceptors (Lipinski definition) is 3. The molecule has 0 fully saturated rings. The average Bonchev–Trinajstić information content (AvgIpc) is 2.05. The van der Waals surface area contributed by atoms with E-state index in [4.69, 9.17) is 0 Å². The van der Waals surface area contributed by atoms with Crippen molar-refractivity contribution in [1.82, 2.24) is 9.97 Å². The van der Waals surface area contributed by atoms with E-state index >= 15 is 0 Å². The van der Waals surface area contributed by atoms with Crippen molar-refractivity contribution in [1.29, 1.82) is 0 Å². The van der Waals surface area contributed by atoms with E-state index in [-0.39, 0.29) is 35.2 Å². The van der Waals surface area contributed by atoms with Gasteiger partial charge in [-0.15, -0.1) is 29.4 Å². The fraction of sp³-hybridized carbons (Fsp3) is 0.167. The van der Waals surface area contributed by atoms with Crippen molar-refractivity contribution in [3.05, 3.63) is 24.3 Å². The summed E-state index contributed by atoms with van der Waals surface area (Å²) in [6.45, 7) is 0. The molecule has 1 aromatic rings. The number of halogens is 3. The Kier molecular flexibility index (Phi) is 9.24. The fourth-order valence-electron chi connectivity index (χ4n) is 0.524. The smallest absolute Gasteiger partial charge is 0.191 e. The second kappa shape index (κ2) is 7.64. The van der Waals surface area contributed by atoms with Crippen molar-refractivity contribution in [2.24, 2.45) is 0 Å². The Bertz CT molecular complexity index is 232. The zero-order valence-electron chi connectivity index (χ0n) is 5.94. The number of alkyl halides is 1. The highest BCUT2D eigenvalue weighted by Gasteiger charge is 2.02. The van der Waals surface area contributed by atoms with Gasteiger partial charge in [0.2, 0.25) is 0 Å². The second-order valence-corrected chi connectivity index (χ2v) is 2.21. The van der Waals surface area contributed by atoms with Crippen LogP contribution in [0.4, 0.5) is 0 Å². The van der Waals surface area contributed by atoms with Crippen LogP contribution < -0.4 is 0 Å². The molecule has 0 aliphatic heterocycles. The Hall–Kier alpha value is 0. The molecule has 12 heavy (non-hydrogen) atoms. The zero-order valence-corrected chi connectivity index (χ0v) is 10.1. The third-order valence-electron chi connectivity index (χ3n) is 0.989. The summed E-state index contributed by atoms with van der Waals surface area (Å²) in [6.07, 6.45) is 2.90. The summed E-state index contributed by atoms with van der Waals surface area (Å²) < 4.78 is 0. The summed E-state index contributed by atoms with van der Waals surface area (Å²) in [4.78, 5) is 18.3. The van der Waals surface area contributed by atoms with E-state index in [9.17, 15) is 4.79 Å². The zero-order chi connectivity index (χ0) is 7.40. The molecule has 6 heteroatoms.